The normalized spacial score (nSPS) is 11.1. The molecule has 1 aromatic heterocycles. The van der Waals surface area contributed by atoms with Gasteiger partial charge in [0.05, 0.1) is 5.56 Å². The van der Waals surface area contributed by atoms with E-state index in [1.807, 2.05) is 0 Å². The number of alkyl halides is 3. The van der Waals surface area contributed by atoms with Crippen LogP contribution in [0.15, 0.2) is 28.8 Å². The van der Waals surface area contributed by atoms with Crippen molar-refractivity contribution in [1.82, 2.24) is 10.1 Å². The Balaban J connectivity index is 2.28. The third-order valence-electron chi connectivity index (χ3n) is 2.30. The fourth-order valence-corrected chi connectivity index (χ4v) is 1.51. The van der Waals surface area contributed by atoms with Crippen LogP contribution in [-0.4, -0.2) is 16.5 Å². The van der Waals surface area contributed by atoms with Crippen LogP contribution in [-0.2, 0) is 6.42 Å². The van der Waals surface area contributed by atoms with Crippen molar-refractivity contribution >= 4 is 0 Å². The van der Waals surface area contributed by atoms with Gasteiger partial charge in [-0.05, 0) is 12.1 Å². The minimum Gasteiger partial charge on any atom is -0.405 e. The van der Waals surface area contributed by atoms with Crippen LogP contribution in [0.5, 0.6) is 5.75 Å². The maximum Gasteiger partial charge on any atom is 0.573 e. The molecule has 0 fully saturated rings. The van der Waals surface area contributed by atoms with Gasteiger partial charge < -0.3 is 9.26 Å². The van der Waals surface area contributed by atoms with Crippen LogP contribution in [0.25, 0.3) is 11.4 Å². The summed E-state index contributed by atoms with van der Waals surface area (Å²) >= 11 is 0. The number of nitrogens with zero attached hydrogens (tertiary/aromatic N) is 2. The monoisotopic (exact) mass is 282 g/mol. The maximum atomic E-state index is 12.3. The molecule has 0 bridgehead atoms. The number of hydrogen-bond donors (Lipinski definition) is 0. The first-order valence-electron chi connectivity index (χ1n) is 5.61. The highest BCUT2D eigenvalue weighted by Gasteiger charge is 2.32. The molecule has 104 valence electrons. The van der Waals surface area contributed by atoms with Crippen LogP contribution in [0.2, 0.25) is 0 Å². The van der Waals surface area contributed by atoms with Crippen LogP contribution in [0, 0.1) is 12.3 Å². The molecule has 0 saturated carbocycles. The van der Waals surface area contributed by atoms with Crippen LogP contribution < -0.4 is 4.74 Å². The molecule has 0 N–H and O–H groups in total. The van der Waals surface area contributed by atoms with E-state index in [-0.39, 0.29) is 23.0 Å². The topological polar surface area (TPSA) is 48.2 Å². The van der Waals surface area contributed by atoms with E-state index in [4.69, 9.17) is 10.9 Å². The van der Waals surface area contributed by atoms with E-state index in [9.17, 15) is 13.2 Å². The molecule has 0 radical (unpaired) electrons. The lowest BCUT2D eigenvalue weighted by molar-refractivity contribution is -0.274. The Morgan fingerprint density at radius 3 is 2.75 bits per heavy atom. The second-order valence-corrected chi connectivity index (χ2v) is 3.76. The summed E-state index contributed by atoms with van der Waals surface area (Å²) in [6.45, 7) is 0. The van der Waals surface area contributed by atoms with Gasteiger partial charge in [0.15, 0.2) is 0 Å². The lowest BCUT2D eigenvalue weighted by Gasteiger charge is -2.10. The molecule has 0 aliphatic rings. The maximum absolute atomic E-state index is 12.3. The molecule has 2 rings (SSSR count). The quantitative estimate of drug-likeness (QED) is 0.808. The number of halogens is 3. The molecule has 0 aliphatic carbocycles. The Labute approximate surface area is 112 Å². The molecule has 1 heterocycles. The fourth-order valence-electron chi connectivity index (χ4n) is 1.51. The highest BCUT2D eigenvalue weighted by molar-refractivity contribution is 5.63. The Kier molecular flexibility index (Phi) is 3.94. The molecule has 7 heteroatoms. The first-order chi connectivity index (χ1) is 9.49. The third-order valence-corrected chi connectivity index (χ3v) is 2.30. The summed E-state index contributed by atoms with van der Waals surface area (Å²) in [6, 6.07) is 5.57. The lowest BCUT2D eigenvalue weighted by atomic mass is 10.2. The molecule has 0 spiro atoms. The number of ether oxygens (including phenoxy) is 1. The second kappa shape index (κ2) is 5.65. The van der Waals surface area contributed by atoms with Crippen LogP contribution >= 0.6 is 0 Å². The predicted octanol–water partition coefficient (Wildman–Crippen LogP) is 3.20. The standard InChI is InChI=1S/C13H9F3N2O2/c1-2-3-8-11-17-12(18-20-11)9-6-4-5-7-10(9)19-13(14,15)16/h1,4-7H,3,8H2. The van der Waals surface area contributed by atoms with Gasteiger partial charge in [0, 0.05) is 12.8 Å². The van der Waals surface area contributed by atoms with Crippen LogP contribution in [0.4, 0.5) is 13.2 Å². The zero-order valence-electron chi connectivity index (χ0n) is 10.1. The molecular weight excluding hydrogens is 273 g/mol. The van der Waals surface area contributed by atoms with Crippen LogP contribution in [0.3, 0.4) is 0 Å². The predicted molar refractivity (Wildman–Crippen MR) is 63.6 cm³/mol. The van der Waals surface area contributed by atoms with E-state index in [2.05, 4.69) is 20.8 Å². The van der Waals surface area contributed by atoms with Crippen LogP contribution in [0.1, 0.15) is 12.3 Å². The van der Waals surface area contributed by atoms with Crippen molar-refractivity contribution in [2.24, 2.45) is 0 Å². The molecule has 0 unspecified atom stereocenters. The van der Waals surface area contributed by atoms with E-state index in [1.54, 1.807) is 6.07 Å². The first kappa shape index (κ1) is 13.9. The number of aromatic nitrogens is 2. The SMILES string of the molecule is C#CCCc1nc(-c2ccccc2OC(F)(F)F)no1. The zero-order valence-corrected chi connectivity index (χ0v) is 10.1. The van der Waals surface area contributed by atoms with Gasteiger partial charge in [-0.2, -0.15) is 4.98 Å². The molecule has 0 saturated heterocycles. The molecule has 0 atom stereocenters. The highest BCUT2D eigenvalue weighted by Crippen LogP contribution is 2.32. The van der Waals surface area contributed by atoms with Gasteiger partial charge in [-0.25, -0.2) is 0 Å². The molecule has 0 amide bonds. The average Bonchev–Trinajstić information content (AvgIpc) is 2.83. The summed E-state index contributed by atoms with van der Waals surface area (Å²) in [5.74, 6) is 2.31. The largest absolute Gasteiger partial charge is 0.573 e. The number of hydrogen-bond acceptors (Lipinski definition) is 4. The molecule has 2 aromatic rings. The molecular formula is C13H9F3N2O2. The van der Waals surface area contributed by atoms with E-state index in [1.165, 1.54) is 18.2 Å². The Hall–Kier alpha value is -2.49. The summed E-state index contributed by atoms with van der Waals surface area (Å²) in [5.41, 5.74) is 0.0977. The Morgan fingerprint density at radius 2 is 2.05 bits per heavy atom. The van der Waals surface area contributed by atoms with Gasteiger partial charge in [-0.1, -0.05) is 17.3 Å². The summed E-state index contributed by atoms with van der Waals surface area (Å²) < 4.78 is 45.7. The Bertz CT molecular complexity index is 629. The Morgan fingerprint density at radius 1 is 1.30 bits per heavy atom. The second-order valence-electron chi connectivity index (χ2n) is 3.76. The number of rotatable bonds is 4. The minimum atomic E-state index is -4.79. The van der Waals surface area contributed by atoms with E-state index in [0.29, 0.717) is 12.8 Å². The number of terminal acetylenes is 1. The van der Waals surface area contributed by atoms with Crippen molar-refractivity contribution in [2.45, 2.75) is 19.2 Å². The molecule has 1 aromatic carbocycles. The summed E-state index contributed by atoms with van der Waals surface area (Å²) in [5, 5.41) is 3.63. The summed E-state index contributed by atoms with van der Waals surface area (Å²) in [4.78, 5) is 3.99. The summed E-state index contributed by atoms with van der Waals surface area (Å²) in [6.07, 6.45) is 1.09. The number of para-hydroxylation sites is 1. The zero-order chi connectivity index (χ0) is 14.6. The van der Waals surface area contributed by atoms with E-state index >= 15 is 0 Å². The summed E-state index contributed by atoms with van der Waals surface area (Å²) in [7, 11) is 0. The number of benzene rings is 1. The van der Waals surface area contributed by atoms with Crippen molar-refractivity contribution in [3.05, 3.63) is 30.2 Å². The van der Waals surface area contributed by atoms with Gasteiger partial charge in [0.1, 0.15) is 5.75 Å². The third kappa shape index (κ3) is 3.51. The van der Waals surface area contributed by atoms with Crippen molar-refractivity contribution in [2.75, 3.05) is 0 Å². The fraction of sp³-hybridized carbons (Fsp3) is 0.231. The van der Waals surface area contributed by atoms with Gasteiger partial charge in [0.25, 0.3) is 0 Å². The molecule has 0 aliphatic heterocycles. The van der Waals surface area contributed by atoms with E-state index < -0.39 is 6.36 Å². The highest BCUT2D eigenvalue weighted by atomic mass is 19.4. The molecule has 4 nitrogen and oxygen atoms in total. The minimum absolute atomic E-state index is 0.0249. The van der Waals surface area contributed by atoms with E-state index in [0.717, 1.165) is 0 Å². The van der Waals surface area contributed by atoms with Gasteiger partial charge >= 0.3 is 6.36 Å². The first-order valence-corrected chi connectivity index (χ1v) is 5.61. The average molecular weight is 282 g/mol. The molecule has 20 heavy (non-hydrogen) atoms. The van der Waals surface area contributed by atoms with Gasteiger partial charge in [-0.15, -0.1) is 25.5 Å². The van der Waals surface area contributed by atoms with Gasteiger partial charge in [-0.3, -0.25) is 0 Å². The smallest absolute Gasteiger partial charge is 0.405 e. The lowest BCUT2D eigenvalue weighted by Crippen LogP contribution is -2.17. The van der Waals surface area contributed by atoms with Crippen molar-refractivity contribution in [3.63, 3.8) is 0 Å². The van der Waals surface area contributed by atoms with Crippen molar-refractivity contribution in [1.29, 1.82) is 0 Å². The van der Waals surface area contributed by atoms with Crippen molar-refractivity contribution < 1.29 is 22.4 Å². The van der Waals surface area contributed by atoms with Crippen molar-refractivity contribution in [3.8, 4) is 29.5 Å². The van der Waals surface area contributed by atoms with Gasteiger partial charge in [0.2, 0.25) is 11.7 Å². The number of aryl methyl sites for hydroxylation is 1.